The molecule has 0 amide bonds. The first kappa shape index (κ1) is 8.51. The minimum atomic E-state index is -0.827. The van der Waals surface area contributed by atoms with Crippen molar-refractivity contribution in [2.75, 3.05) is 0 Å². The molecule has 60 valence electrons. The van der Waals surface area contributed by atoms with Gasteiger partial charge in [-0.2, -0.15) is 5.10 Å². The number of hydrogen-bond acceptors (Lipinski definition) is 2. The fraction of sp³-hybridized carbons (Fsp3) is 0.333. The summed E-state index contributed by atoms with van der Waals surface area (Å²) in [6.07, 6.45) is 1.69. The van der Waals surface area contributed by atoms with E-state index in [0.717, 1.165) is 9.26 Å². The number of rotatable bonds is 2. The minimum Gasteiger partial charge on any atom is -0.481 e. The molecule has 0 saturated heterocycles. The molecule has 1 N–H and O–H groups in total. The summed E-state index contributed by atoms with van der Waals surface area (Å²) in [5.74, 6) is -0.827. The van der Waals surface area contributed by atoms with Crippen molar-refractivity contribution in [2.45, 2.75) is 6.42 Å². The summed E-state index contributed by atoms with van der Waals surface area (Å²) in [7, 11) is 1.74. The van der Waals surface area contributed by atoms with E-state index in [-0.39, 0.29) is 6.42 Å². The molecule has 0 aromatic carbocycles. The highest BCUT2D eigenvalue weighted by molar-refractivity contribution is 14.1. The van der Waals surface area contributed by atoms with Gasteiger partial charge in [0.15, 0.2) is 0 Å². The van der Waals surface area contributed by atoms with E-state index in [1.807, 2.05) is 0 Å². The Hall–Kier alpha value is -0.590. The fourth-order valence-electron chi connectivity index (χ4n) is 0.778. The molecule has 1 aromatic heterocycles. The lowest BCUT2D eigenvalue weighted by Crippen LogP contribution is -2.07. The molecule has 0 radical (unpaired) electrons. The van der Waals surface area contributed by atoms with Crippen molar-refractivity contribution in [3.8, 4) is 0 Å². The molecule has 0 aliphatic carbocycles. The van der Waals surface area contributed by atoms with Gasteiger partial charge in [-0.25, -0.2) is 0 Å². The van der Waals surface area contributed by atoms with Gasteiger partial charge >= 0.3 is 5.97 Å². The summed E-state index contributed by atoms with van der Waals surface area (Å²) in [4.78, 5) is 10.3. The average molecular weight is 266 g/mol. The maximum absolute atomic E-state index is 10.3. The Morgan fingerprint density at radius 2 is 2.55 bits per heavy atom. The Bertz CT molecular complexity index is 263. The van der Waals surface area contributed by atoms with Crippen LogP contribution in [0.2, 0.25) is 0 Å². The summed E-state index contributed by atoms with van der Waals surface area (Å²) in [5, 5.41) is 12.4. The highest BCUT2D eigenvalue weighted by atomic mass is 127. The molecule has 0 saturated carbocycles. The van der Waals surface area contributed by atoms with Crippen LogP contribution in [0.4, 0.5) is 0 Å². The average Bonchev–Trinajstić information content (AvgIpc) is 2.18. The van der Waals surface area contributed by atoms with Gasteiger partial charge < -0.3 is 5.11 Å². The van der Waals surface area contributed by atoms with Crippen molar-refractivity contribution in [2.24, 2.45) is 7.05 Å². The zero-order chi connectivity index (χ0) is 8.43. The number of aromatic nitrogens is 2. The molecule has 1 rings (SSSR count). The monoisotopic (exact) mass is 266 g/mol. The number of hydrogen-bond donors (Lipinski definition) is 1. The number of aryl methyl sites for hydroxylation is 1. The maximum Gasteiger partial charge on any atom is 0.309 e. The largest absolute Gasteiger partial charge is 0.481 e. The van der Waals surface area contributed by atoms with Crippen LogP contribution >= 0.6 is 22.6 Å². The van der Waals surface area contributed by atoms with Gasteiger partial charge in [0, 0.05) is 7.05 Å². The second-order valence-corrected chi connectivity index (χ2v) is 3.30. The fourth-order valence-corrected chi connectivity index (χ4v) is 1.44. The van der Waals surface area contributed by atoms with Crippen LogP contribution in [0.3, 0.4) is 0 Å². The van der Waals surface area contributed by atoms with Crippen molar-refractivity contribution in [3.63, 3.8) is 0 Å². The summed E-state index contributed by atoms with van der Waals surface area (Å²) >= 11 is 2.07. The zero-order valence-corrected chi connectivity index (χ0v) is 8.07. The van der Waals surface area contributed by atoms with Crippen LogP contribution < -0.4 is 0 Å². The Labute approximate surface area is 77.4 Å². The van der Waals surface area contributed by atoms with Crippen molar-refractivity contribution in [1.82, 2.24) is 9.78 Å². The number of carbonyl (C=O) groups is 1. The maximum atomic E-state index is 10.3. The molecule has 5 heteroatoms. The van der Waals surface area contributed by atoms with Crippen LogP contribution in [-0.4, -0.2) is 20.9 Å². The topological polar surface area (TPSA) is 55.1 Å². The van der Waals surface area contributed by atoms with Crippen molar-refractivity contribution < 1.29 is 9.90 Å². The molecule has 0 aliphatic rings. The standard InChI is InChI=1S/C6H7IN2O2/c1-9-5(2-6(10)11)4(7)3-8-9/h3H,2H2,1H3,(H,10,11). The molecule has 0 aliphatic heterocycles. The van der Waals surface area contributed by atoms with Crippen LogP contribution in [0.15, 0.2) is 6.20 Å². The quantitative estimate of drug-likeness (QED) is 0.800. The molecular formula is C6H7IN2O2. The lowest BCUT2D eigenvalue weighted by Gasteiger charge is -1.97. The second-order valence-electron chi connectivity index (χ2n) is 2.13. The van der Waals surface area contributed by atoms with E-state index in [9.17, 15) is 4.79 Å². The molecule has 0 atom stereocenters. The molecule has 0 bridgehead atoms. The van der Waals surface area contributed by atoms with E-state index in [1.54, 1.807) is 17.9 Å². The number of carboxylic acids is 1. The van der Waals surface area contributed by atoms with Gasteiger partial charge in [-0.05, 0) is 22.6 Å². The summed E-state index contributed by atoms with van der Waals surface area (Å²) in [5.41, 5.74) is 0.748. The Morgan fingerprint density at radius 3 is 2.91 bits per heavy atom. The molecule has 1 aromatic rings. The third-order valence-electron chi connectivity index (χ3n) is 1.33. The number of carboxylic acid groups (broad SMARTS) is 1. The smallest absolute Gasteiger partial charge is 0.309 e. The van der Waals surface area contributed by atoms with Crippen LogP contribution in [0.1, 0.15) is 5.69 Å². The van der Waals surface area contributed by atoms with E-state index in [0.29, 0.717) is 0 Å². The first-order chi connectivity index (χ1) is 5.11. The van der Waals surface area contributed by atoms with Crippen LogP contribution in [0, 0.1) is 3.57 Å². The summed E-state index contributed by atoms with van der Waals surface area (Å²) in [6, 6.07) is 0. The first-order valence-corrected chi connectivity index (χ1v) is 4.07. The van der Waals surface area contributed by atoms with E-state index in [2.05, 4.69) is 27.7 Å². The molecule has 0 spiro atoms. The lowest BCUT2D eigenvalue weighted by molar-refractivity contribution is -0.136. The van der Waals surface area contributed by atoms with Gasteiger partial charge in [-0.1, -0.05) is 0 Å². The third-order valence-corrected chi connectivity index (χ3v) is 2.23. The predicted octanol–water partition coefficient (Wildman–Crippen LogP) is 0.652. The molecule has 4 nitrogen and oxygen atoms in total. The number of nitrogens with zero attached hydrogens (tertiary/aromatic N) is 2. The van der Waals surface area contributed by atoms with Crippen molar-refractivity contribution >= 4 is 28.6 Å². The molecule has 1 heterocycles. The zero-order valence-electron chi connectivity index (χ0n) is 5.91. The number of halogens is 1. The highest BCUT2D eigenvalue weighted by Gasteiger charge is 2.08. The predicted molar refractivity (Wildman–Crippen MR) is 47.3 cm³/mol. The van der Waals surface area contributed by atoms with Crippen LogP contribution in [-0.2, 0) is 18.3 Å². The van der Waals surface area contributed by atoms with Gasteiger partial charge in [-0.3, -0.25) is 9.48 Å². The normalized spacial score (nSPS) is 10.0. The van der Waals surface area contributed by atoms with E-state index in [4.69, 9.17) is 5.11 Å². The van der Waals surface area contributed by atoms with E-state index in [1.165, 1.54) is 0 Å². The van der Waals surface area contributed by atoms with Crippen molar-refractivity contribution in [3.05, 3.63) is 15.5 Å². The van der Waals surface area contributed by atoms with Gasteiger partial charge in [0.1, 0.15) is 0 Å². The number of aliphatic carboxylic acids is 1. The molecule has 0 fully saturated rings. The molecule has 0 unspecified atom stereocenters. The lowest BCUT2D eigenvalue weighted by atomic mass is 10.3. The second kappa shape index (κ2) is 3.21. The Morgan fingerprint density at radius 1 is 1.91 bits per heavy atom. The van der Waals surface area contributed by atoms with Crippen molar-refractivity contribution in [1.29, 1.82) is 0 Å². The van der Waals surface area contributed by atoms with Gasteiger partial charge in [0.2, 0.25) is 0 Å². The molecule has 11 heavy (non-hydrogen) atoms. The van der Waals surface area contributed by atoms with Gasteiger partial charge in [0.05, 0.1) is 21.9 Å². The SMILES string of the molecule is Cn1ncc(I)c1CC(=O)O. The van der Waals surface area contributed by atoms with Crippen LogP contribution in [0.5, 0.6) is 0 Å². The first-order valence-electron chi connectivity index (χ1n) is 2.99. The third kappa shape index (κ3) is 1.92. The molecular weight excluding hydrogens is 259 g/mol. The van der Waals surface area contributed by atoms with E-state index < -0.39 is 5.97 Å². The highest BCUT2D eigenvalue weighted by Crippen LogP contribution is 2.10. The minimum absolute atomic E-state index is 0.0365. The Kier molecular flexibility index (Phi) is 2.48. The van der Waals surface area contributed by atoms with Gasteiger partial charge in [-0.15, -0.1) is 0 Å². The Balaban J connectivity index is 2.92. The summed E-state index contributed by atoms with van der Waals surface area (Å²) < 4.78 is 2.48. The van der Waals surface area contributed by atoms with Crippen LogP contribution in [0.25, 0.3) is 0 Å². The summed E-state index contributed by atoms with van der Waals surface area (Å²) in [6.45, 7) is 0. The van der Waals surface area contributed by atoms with Gasteiger partial charge in [0.25, 0.3) is 0 Å². The van der Waals surface area contributed by atoms with E-state index >= 15 is 0 Å².